The summed E-state index contributed by atoms with van der Waals surface area (Å²) in [4.78, 5) is 0. The van der Waals surface area contributed by atoms with Crippen LogP contribution < -0.4 is 0 Å². The van der Waals surface area contributed by atoms with E-state index in [9.17, 15) is 0 Å². The fourth-order valence-corrected chi connectivity index (χ4v) is 10.2. The molecule has 0 fully saturated rings. The molecule has 0 aliphatic heterocycles. The highest BCUT2D eigenvalue weighted by atomic mass is 14.2. The van der Waals surface area contributed by atoms with Gasteiger partial charge in [0.2, 0.25) is 0 Å². The van der Waals surface area contributed by atoms with Crippen LogP contribution in [0.1, 0.15) is 11.1 Å². The zero-order valence-electron chi connectivity index (χ0n) is 36.4. The van der Waals surface area contributed by atoms with Crippen molar-refractivity contribution in [2.75, 3.05) is 0 Å². The van der Waals surface area contributed by atoms with Gasteiger partial charge < -0.3 is 0 Å². The van der Waals surface area contributed by atoms with Crippen molar-refractivity contribution in [2.24, 2.45) is 0 Å². The summed E-state index contributed by atoms with van der Waals surface area (Å²) in [5.41, 5.74) is 17.2. The first kappa shape index (κ1) is 39.0. The zero-order chi connectivity index (χ0) is 43.8. The minimum atomic E-state index is 1.16. The van der Waals surface area contributed by atoms with E-state index in [0.717, 1.165) is 11.1 Å². The molecule has 308 valence electrons. The highest BCUT2D eigenvalue weighted by Gasteiger charge is 2.18. The molecule has 0 aliphatic rings. The van der Waals surface area contributed by atoms with Gasteiger partial charge in [0.15, 0.2) is 0 Å². The number of fused-ring (bicyclic) bond motifs is 4. The predicted octanol–water partition coefficient (Wildman–Crippen LogP) is 18.5. The molecule has 12 rings (SSSR count). The third-order valence-electron chi connectivity index (χ3n) is 13.2. The van der Waals surface area contributed by atoms with Crippen LogP contribution in [0.25, 0.3) is 122 Å². The first-order valence-electron chi connectivity index (χ1n) is 22.8. The quantitative estimate of drug-likeness (QED) is 0.106. The lowest BCUT2D eigenvalue weighted by Gasteiger charge is -2.18. The number of hydrogen-bond donors (Lipinski definition) is 0. The van der Waals surface area contributed by atoms with Crippen molar-refractivity contribution < 1.29 is 0 Å². The third-order valence-corrected chi connectivity index (χ3v) is 13.2. The molecule has 0 N–H and O–H groups in total. The Labute approximate surface area is 386 Å². The van der Waals surface area contributed by atoms with Crippen molar-refractivity contribution in [3.63, 3.8) is 0 Å². The lowest BCUT2D eigenvalue weighted by atomic mass is 9.85. The second kappa shape index (κ2) is 16.8. The van der Waals surface area contributed by atoms with Gasteiger partial charge in [0, 0.05) is 0 Å². The normalized spacial score (nSPS) is 11.6. The Morgan fingerprint density at radius 1 is 0.167 bits per heavy atom. The molecule has 0 aromatic heterocycles. The first-order chi connectivity index (χ1) is 32.7. The van der Waals surface area contributed by atoms with Crippen molar-refractivity contribution in [2.45, 2.75) is 0 Å². The Morgan fingerprint density at radius 2 is 0.409 bits per heavy atom. The van der Waals surface area contributed by atoms with Crippen LogP contribution >= 0.6 is 0 Å². The Morgan fingerprint density at radius 3 is 0.712 bits per heavy atom. The van der Waals surface area contributed by atoms with Gasteiger partial charge in [-0.15, -0.1) is 0 Å². The van der Waals surface area contributed by atoms with Crippen molar-refractivity contribution in [3.05, 3.63) is 266 Å². The molecule has 66 heavy (non-hydrogen) atoms. The van der Waals surface area contributed by atoms with Crippen LogP contribution in [0.4, 0.5) is 0 Å². The average Bonchev–Trinajstić information content (AvgIpc) is 3.39. The Kier molecular flexibility index (Phi) is 9.97. The van der Waals surface area contributed by atoms with E-state index >= 15 is 0 Å². The molecule has 0 heteroatoms. The third kappa shape index (κ3) is 7.06. The van der Waals surface area contributed by atoms with Crippen LogP contribution in [-0.4, -0.2) is 0 Å². The topological polar surface area (TPSA) is 0 Å². The minimum absolute atomic E-state index is 1.16. The standard InChI is InChI=1S/C66H44/c1-3-17-49(18-4-1)63-55-25-7-11-29-59(55)65(60-30-12-8-26-56(60)63)53-23-15-21-51(43-53)47-39-35-45(36-40-47)33-34-46-37-41-48(42-38-46)52-22-16-24-54(44-52)66-61-31-13-9-27-57(61)64(50-19-5-2-6-20-50)58-28-10-14-32-62(58)66/h1-44H. The minimum Gasteiger partial charge on any atom is -0.0622 e. The van der Waals surface area contributed by atoms with Crippen molar-refractivity contribution in [3.8, 4) is 66.8 Å². The van der Waals surface area contributed by atoms with Crippen LogP contribution in [0.3, 0.4) is 0 Å². The van der Waals surface area contributed by atoms with Gasteiger partial charge in [-0.25, -0.2) is 0 Å². The maximum absolute atomic E-state index is 2.35. The fourth-order valence-electron chi connectivity index (χ4n) is 10.2. The fraction of sp³-hybridized carbons (Fsp3) is 0. The summed E-state index contributed by atoms with van der Waals surface area (Å²) in [5.74, 6) is 0. The van der Waals surface area contributed by atoms with Gasteiger partial charge in [-0.1, -0.05) is 255 Å². The van der Waals surface area contributed by atoms with Crippen LogP contribution in [0, 0.1) is 0 Å². The summed E-state index contributed by atoms with van der Waals surface area (Å²) in [6.07, 6.45) is 4.41. The molecular weight excluding hydrogens is 793 g/mol. The van der Waals surface area contributed by atoms with E-state index in [0.29, 0.717) is 0 Å². The maximum Gasteiger partial charge on any atom is -0.00262 e. The summed E-state index contributed by atoms with van der Waals surface area (Å²) in [6.45, 7) is 0. The highest BCUT2D eigenvalue weighted by Crippen LogP contribution is 2.46. The number of benzene rings is 12. The van der Waals surface area contributed by atoms with Gasteiger partial charge in [0.05, 0.1) is 0 Å². The lowest BCUT2D eigenvalue weighted by molar-refractivity contribution is 1.59. The van der Waals surface area contributed by atoms with E-state index in [4.69, 9.17) is 0 Å². The first-order valence-corrected chi connectivity index (χ1v) is 22.8. The van der Waals surface area contributed by atoms with E-state index in [2.05, 4.69) is 267 Å². The zero-order valence-corrected chi connectivity index (χ0v) is 36.4. The molecule has 12 aromatic rings. The van der Waals surface area contributed by atoms with E-state index in [1.165, 1.54) is 110 Å². The molecule has 0 aliphatic carbocycles. The van der Waals surface area contributed by atoms with Gasteiger partial charge in [-0.2, -0.15) is 0 Å². The molecule has 0 amide bonds. The molecule has 0 saturated heterocycles. The molecule has 0 saturated carbocycles. The molecule has 0 unspecified atom stereocenters. The molecule has 0 nitrogen and oxygen atoms in total. The van der Waals surface area contributed by atoms with Crippen molar-refractivity contribution in [1.29, 1.82) is 0 Å². The van der Waals surface area contributed by atoms with Crippen LogP contribution in [0.2, 0.25) is 0 Å². The van der Waals surface area contributed by atoms with Gasteiger partial charge in [-0.05, 0) is 133 Å². The number of rotatable bonds is 8. The molecule has 0 spiro atoms. The summed E-state index contributed by atoms with van der Waals surface area (Å²) >= 11 is 0. The summed E-state index contributed by atoms with van der Waals surface area (Å²) < 4.78 is 0. The Hall–Kier alpha value is -8.58. The second-order valence-corrected chi connectivity index (χ2v) is 17.2. The summed E-state index contributed by atoms with van der Waals surface area (Å²) in [5, 5.41) is 10.1. The number of hydrogen-bond acceptors (Lipinski definition) is 0. The monoisotopic (exact) mass is 836 g/mol. The van der Waals surface area contributed by atoms with E-state index in [1.54, 1.807) is 0 Å². The van der Waals surface area contributed by atoms with Gasteiger partial charge >= 0.3 is 0 Å². The lowest BCUT2D eigenvalue weighted by Crippen LogP contribution is -1.91. The highest BCUT2D eigenvalue weighted by molar-refractivity contribution is 6.23. The molecule has 0 atom stereocenters. The SMILES string of the molecule is C(=Cc1ccc(-c2cccc(-c3c4ccccc4c(-c4ccccc4)c4ccccc34)c2)cc1)c1ccc(-c2cccc(-c3c4ccccc4c(-c4ccccc4)c4ccccc34)c2)cc1. The van der Waals surface area contributed by atoms with E-state index in [1.807, 2.05) is 0 Å². The van der Waals surface area contributed by atoms with Crippen LogP contribution in [0.15, 0.2) is 255 Å². The Balaban J connectivity index is 0.817. The van der Waals surface area contributed by atoms with Crippen molar-refractivity contribution in [1.82, 2.24) is 0 Å². The van der Waals surface area contributed by atoms with Crippen LogP contribution in [-0.2, 0) is 0 Å². The molecule has 0 radical (unpaired) electrons. The molecule has 0 heterocycles. The predicted molar refractivity (Wildman–Crippen MR) is 284 cm³/mol. The summed E-state index contributed by atoms with van der Waals surface area (Å²) in [7, 11) is 0. The van der Waals surface area contributed by atoms with Gasteiger partial charge in [0.1, 0.15) is 0 Å². The molecule has 12 aromatic carbocycles. The van der Waals surface area contributed by atoms with Gasteiger partial charge in [-0.3, -0.25) is 0 Å². The Bertz CT molecular complexity index is 3400. The largest absolute Gasteiger partial charge is 0.0622 e. The van der Waals surface area contributed by atoms with Crippen LogP contribution in [0.5, 0.6) is 0 Å². The molecular formula is C66H44. The van der Waals surface area contributed by atoms with Crippen molar-refractivity contribution >= 4 is 55.2 Å². The van der Waals surface area contributed by atoms with E-state index < -0.39 is 0 Å². The smallest absolute Gasteiger partial charge is 0.00262 e. The van der Waals surface area contributed by atoms with Gasteiger partial charge in [0.25, 0.3) is 0 Å². The average molecular weight is 837 g/mol. The summed E-state index contributed by atoms with van der Waals surface area (Å²) in [6, 6.07) is 92.9. The second-order valence-electron chi connectivity index (χ2n) is 17.2. The maximum atomic E-state index is 2.35. The molecule has 0 bridgehead atoms. The van der Waals surface area contributed by atoms with E-state index in [-0.39, 0.29) is 0 Å².